The molecule has 0 aliphatic carbocycles. The molecule has 7 nitrogen and oxygen atoms in total. The third-order valence-electron chi connectivity index (χ3n) is 3.21. The summed E-state index contributed by atoms with van der Waals surface area (Å²) in [6.45, 7) is 0. The van der Waals surface area contributed by atoms with Gasteiger partial charge in [-0.1, -0.05) is 11.6 Å². The van der Waals surface area contributed by atoms with Crippen LogP contribution in [0.2, 0.25) is 5.02 Å². The predicted octanol–water partition coefficient (Wildman–Crippen LogP) is 3.68. The Morgan fingerprint density at radius 1 is 1.25 bits per heavy atom. The zero-order valence-electron chi connectivity index (χ0n) is 12.6. The minimum Gasteiger partial charge on any atom is -0.496 e. The topological polar surface area (TPSA) is 79.4 Å². The first-order chi connectivity index (χ1) is 11.1. The molecule has 11 heteroatoms. The van der Waals surface area contributed by atoms with Crippen LogP contribution in [0.4, 0.5) is 18.9 Å². The molecule has 1 aromatic carbocycles. The molecule has 1 heterocycles. The molecule has 2 rings (SSSR count). The average molecular weight is 366 g/mol. The summed E-state index contributed by atoms with van der Waals surface area (Å²) >= 11 is 5.82. The Kier molecular flexibility index (Phi) is 4.61. The van der Waals surface area contributed by atoms with Crippen LogP contribution in [-0.2, 0) is 13.2 Å². The van der Waals surface area contributed by atoms with Crippen LogP contribution in [0.15, 0.2) is 12.1 Å². The van der Waals surface area contributed by atoms with E-state index in [1.807, 2.05) is 0 Å². The number of aryl methyl sites for hydroxylation is 1. The molecule has 0 radical (unpaired) electrons. The van der Waals surface area contributed by atoms with E-state index in [2.05, 4.69) is 5.10 Å². The number of ether oxygens (including phenoxy) is 2. The van der Waals surface area contributed by atoms with Crippen LogP contribution in [0.3, 0.4) is 0 Å². The molecule has 0 amide bonds. The average Bonchev–Trinajstić information content (AvgIpc) is 2.80. The van der Waals surface area contributed by atoms with E-state index < -0.39 is 27.5 Å². The Morgan fingerprint density at radius 3 is 2.25 bits per heavy atom. The molecule has 2 aromatic rings. The van der Waals surface area contributed by atoms with Crippen molar-refractivity contribution in [2.75, 3.05) is 14.2 Å². The molecule has 0 atom stereocenters. The van der Waals surface area contributed by atoms with Crippen LogP contribution in [-0.4, -0.2) is 28.9 Å². The Balaban J connectivity index is 2.78. The minimum absolute atomic E-state index is 0.0335. The van der Waals surface area contributed by atoms with Crippen molar-refractivity contribution in [2.24, 2.45) is 7.05 Å². The van der Waals surface area contributed by atoms with Gasteiger partial charge < -0.3 is 9.47 Å². The number of rotatable bonds is 4. The lowest BCUT2D eigenvalue weighted by atomic mass is 10.1. The lowest BCUT2D eigenvalue weighted by Crippen LogP contribution is -2.12. The van der Waals surface area contributed by atoms with Gasteiger partial charge in [-0.3, -0.25) is 14.8 Å². The highest BCUT2D eigenvalue weighted by atomic mass is 35.5. The molecular formula is C13H11ClF3N3O4. The molecule has 0 saturated carbocycles. The SMILES string of the molecule is COc1cc(OC)c([N+](=O)[O-])cc1-c1nn(C)c(C(F)(F)F)c1Cl. The summed E-state index contributed by atoms with van der Waals surface area (Å²) in [7, 11) is 3.55. The zero-order chi connectivity index (χ0) is 18.2. The Morgan fingerprint density at radius 2 is 1.83 bits per heavy atom. The predicted molar refractivity (Wildman–Crippen MR) is 78.4 cm³/mol. The first-order valence-electron chi connectivity index (χ1n) is 6.32. The normalized spacial score (nSPS) is 11.5. The molecule has 0 fully saturated rings. The molecule has 1 aromatic heterocycles. The standard InChI is InChI=1S/C13H11ClF3N3O4/c1-19-12(13(15,16)17)10(14)11(18-19)6-4-7(20(21)22)9(24-3)5-8(6)23-2/h4-5H,1-3H3. The molecule has 0 N–H and O–H groups in total. The number of hydrogen-bond donors (Lipinski definition) is 0. The number of methoxy groups -OCH3 is 2. The van der Waals surface area contributed by atoms with Crippen molar-refractivity contribution in [3.8, 4) is 22.8 Å². The molecule has 0 spiro atoms. The quantitative estimate of drug-likeness (QED) is 0.610. The van der Waals surface area contributed by atoms with Crippen molar-refractivity contribution in [3.63, 3.8) is 0 Å². The first kappa shape index (κ1) is 17.9. The van der Waals surface area contributed by atoms with Gasteiger partial charge in [-0.25, -0.2) is 0 Å². The van der Waals surface area contributed by atoms with E-state index in [9.17, 15) is 23.3 Å². The van der Waals surface area contributed by atoms with Gasteiger partial charge in [0.05, 0.1) is 29.7 Å². The molecule has 0 unspecified atom stereocenters. The van der Waals surface area contributed by atoms with E-state index in [0.717, 1.165) is 13.1 Å². The second-order valence-electron chi connectivity index (χ2n) is 4.61. The highest BCUT2D eigenvalue weighted by molar-refractivity contribution is 6.34. The number of aromatic nitrogens is 2. The third kappa shape index (κ3) is 2.96. The van der Waals surface area contributed by atoms with Crippen molar-refractivity contribution < 1.29 is 27.6 Å². The van der Waals surface area contributed by atoms with E-state index in [1.54, 1.807) is 0 Å². The molecule has 0 saturated heterocycles. The summed E-state index contributed by atoms with van der Waals surface area (Å²) < 4.78 is 49.7. The van der Waals surface area contributed by atoms with Gasteiger partial charge in [-0.05, 0) is 0 Å². The van der Waals surface area contributed by atoms with E-state index in [-0.39, 0.29) is 22.8 Å². The summed E-state index contributed by atoms with van der Waals surface area (Å²) in [5.41, 5.74) is -1.96. The molecule has 130 valence electrons. The van der Waals surface area contributed by atoms with Gasteiger partial charge in [-0.2, -0.15) is 18.3 Å². The Bertz CT molecular complexity index is 805. The Labute approximate surface area is 138 Å². The van der Waals surface area contributed by atoms with E-state index in [1.165, 1.54) is 20.3 Å². The minimum atomic E-state index is -4.73. The van der Waals surface area contributed by atoms with Crippen LogP contribution >= 0.6 is 11.6 Å². The highest BCUT2D eigenvalue weighted by Crippen LogP contribution is 2.45. The van der Waals surface area contributed by atoms with Crippen molar-refractivity contribution >= 4 is 17.3 Å². The molecule has 0 bridgehead atoms. The smallest absolute Gasteiger partial charge is 0.434 e. The third-order valence-corrected chi connectivity index (χ3v) is 3.57. The van der Waals surface area contributed by atoms with Gasteiger partial charge in [0.25, 0.3) is 0 Å². The summed E-state index contributed by atoms with van der Waals surface area (Å²) in [5.74, 6) is -0.0742. The Hall–Kier alpha value is -2.49. The largest absolute Gasteiger partial charge is 0.496 e. The monoisotopic (exact) mass is 365 g/mol. The van der Waals surface area contributed by atoms with Gasteiger partial charge >= 0.3 is 11.9 Å². The second kappa shape index (κ2) is 6.19. The highest BCUT2D eigenvalue weighted by Gasteiger charge is 2.39. The maximum absolute atomic E-state index is 13.0. The fourth-order valence-electron chi connectivity index (χ4n) is 2.19. The van der Waals surface area contributed by atoms with Crippen molar-refractivity contribution in [1.29, 1.82) is 0 Å². The fourth-order valence-corrected chi connectivity index (χ4v) is 2.56. The van der Waals surface area contributed by atoms with Crippen LogP contribution < -0.4 is 9.47 Å². The van der Waals surface area contributed by atoms with Gasteiger partial charge in [0.15, 0.2) is 5.69 Å². The van der Waals surface area contributed by atoms with E-state index in [4.69, 9.17) is 21.1 Å². The number of nitro benzene ring substituents is 1. The lowest BCUT2D eigenvalue weighted by Gasteiger charge is -2.10. The maximum atomic E-state index is 13.0. The summed E-state index contributed by atoms with van der Waals surface area (Å²) in [6, 6.07) is 2.19. The number of nitro groups is 1. The van der Waals surface area contributed by atoms with Gasteiger partial charge in [0, 0.05) is 19.2 Å². The summed E-state index contributed by atoms with van der Waals surface area (Å²) in [6.07, 6.45) is -4.73. The van der Waals surface area contributed by atoms with Crippen LogP contribution in [0.25, 0.3) is 11.3 Å². The number of hydrogen-bond acceptors (Lipinski definition) is 5. The molecule has 0 aliphatic rings. The molecular weight excluding hydrogens is 355 g/mol. The van der Waals surface area contributed by atoms with Crippen molar-refractivity contribution in [3.05, 3.63) is 33.0 Å². The van der Waals surface area contributed by atoms with Crippen LogP contribution in [0.1, 0.15) is 5.69 Å². The lowest BCUT2D eigenvalue weighted by molar-refractivity contribution is -0.385. The fraction of sp³-hybridized carbons (Fsp3) is 0.308. The second-order valence-corrected chi connectivity index (χ2v) is 4.99. The number of halogens is 4. The van der Waals surface area contributed by atoms with Gasteiger partial charge in [0.1, 0.15) is 11.4 Å². The van der Waals surface area contributed by atoms with Gasteiger partial charge in [0.2, 0.25) is 5.75 Å². The number of alkyl halides is 3. The maximum Gasteiger partial charge on any atom is 0.434 e. The summed E-state index contributed by atoms with van der Waals surface area (Å²) in [5, 5.41) is 14.2. The first-order valence-corrected chi connectivity index (χ1v) is 6.70. The van der Waals surface area contributed by atoms with Gasteiger partial charge in [-0.15, -0.1) is 0 Å². The van der Waals surface area contributed by atoms with Crippen molar-refractivity contribution in [1.82, 2.24) is 9.78 Å². The van der Waals surface area contributed by atoms with Crippen molar-refractivity contribution in [2.45, 2.75) is 6.18 Å². The molecule has 0 aliphatic heterocycles. The zero-order valence-corrected chi connectivity index (χ0v) is 13.4. The van der Waals surface area contributed by atoms with E-state index in [0.29, 0.717) is 4.68 Å². The summed E-state index contributed by atoms with van der Waals surface area (Å²) in [4.78, 5) is 10.4. The van der Waals surface area contributed by atoms with Crippen LogP contribution in [0.5, 0.6) is 11.5 Å². The van der Waals surface area contributed by atoms with Crippen LogP contribution in [0, 0.1) is 10.1 Å². The number of benzene rings is 1. The number of nitrogens with zero attached hydrogens (tertiary/aromatic N) is 3. The van der Waals surface area contributed by atoms with E-state index >= 15 is 0 Å². The molecule has 24 heavy (non-hydrogen) atoms.